The van der Waals surface area contributed by atoms with E-state index in [1.54, 1.807) is 6.07 Å². The number of hydrogen-bond acceptors (Lipinski definition) is 2. The zero-order chi connectivity index (χ0) is 16.4. The molecule has 1 saturated heterocycles. The van der Waals surface area contributed by atoms with Crippen molar-refractivity contribution in [2.45, 2.75) is 12.8 Å². The van der Waals surface area contributed by atoms with Crippen molar-refractivity contribution in [2.24, 2.45) is 0 Å². The van der Waals surface area contributed by atoms with Gasteiger partial charge in [-0.2, -0.15) is 0 Å². The Labute approximate surface area is 140 Å². The molecule has 0 aliphatic carbocycles. The van der Waals surface area contributed by atoms with Gasteiger partial charge in [-0.15, -0.1) is 0 Å². The van der Waals surface area contributed by atoms with Crippen LogP contribution in [-0.2, 0) is 11.3 Å². The van der Waals surface area contributed by atoms with Crippen molar-refractivity contribution in [2.75, 3.05) is 13.2 Å². The third kappa shape index (κ3) is 3.11. The van der Waals surface area contributed by atoms with Gasteiger partial charge >= 0.3 is 0 Å². The largest absolute Gasteiger partial charge is 0.357 e. The molecule has 3 aromatic rings. The van der Waals surface area contributed by atoms with E-state index in [2.05, 4.69) is 29.2 Å². The molecule has 1 aliphatic heterocycles. The Hall–Kier alpha value is -2.43. The van der Waals surface area contributed by atoms with E-state index >= 15 is 0 Å². The number of aromatic nitrogens is 1. The molecule has 4 heteroatoms. The van der Waals surface area contributed by atoms with Crippen LogP contribution in [0.3, 0.4) is 0 Å². The van der Waals surface area contributed by atoms with Crippen molar-refractivity contribution < 1.29 is 9.13 Å². The van der Waals surface area contributed by atoms with Crippen LogP contribution in [0.2, 0.25) is 0 Å². The first kappa shape index (κ1) is 15.1. The highest BCUT2D eigenvalue weighted by Gasteiger charge is 2.27. The second-order valence-corrected chi connectivity index (χ2v) is 6.01. The third-order valence-electron chi connectivity index (χ3n) is 4.32. The van der Waals surface area contributed by atoms with Crippen LogP contribution in [-0.4, -0.2) is 22.6 Å². The number of benzene rings is 2. The highest BCUT2D eigenvalue weighted by molar-refractivity contribution is 5.34. The van der Waals surface area contributed by atoms with Gasteiger partial charge in [0.1, 0.15) is 12.0 Å². The van der Waals surface area contributed by atoms with Crippen molar-refractivity contribution in [1.82, 2.24) is 9.47 Å². The molecule has 3 nitrogen and oxygen atoms in total. The monoisotopic (exact) mass is 322 g/mol. The van der Waals surface area contributed by atoms with Gasteiger partial charge in [-0.05, 0) is 29.8 Å². The fourth-order valence-corrected chi connectivity index (χ4v) is 3.15. The summed E-state index contributed by atoms with van der Waals surface area (Å²) in [5, 5.41) is 0. The number of nitrogens with zero attached hydrogens (tertiary/aromatic N) is 2. The van der Waals surface area contributed by atoms with Crippen LogP contribution in [0.1, 0.15) is 17.4 Å². The van der Waals surface area contributed by atoms with Gasteiger partial charge < -0.3 is 9.30 Å². The number of halogens is 1. The second-order valence-electron chi connectivity index (χ2n) is 6.01. The number of rotatable bonds is 4. The van der Waals surface area contributed by atoms with Crippen LogP contribution in [0.25, 0.3) is 5.69 Å². The zero-order valence-corrected chi connectivity index (χ0v) is 13.3. The van der Waals surface area contributed by atoms with Gasteiger partial charge in [0, 0.05) is 36.7 Å². The molecule has 0 bridgehead atoms. The van der Waals surface area contributed by atoms with Gasteiger partial charge in [-0.25, -0.2) is 4.39 Å². The zero-order valence-electron chi connectivity index (χ0n) is 13.3. The molecule has 1 fully saturated rings. The van der Waals surface area contributed by atoms with E-state index in [1.807, 2.05) is 35.2 Å². The average Bonchev–Trinajstić information content (AvgIpc) is 3.25. The Bertz CT molecular complexity index is 815. The van der Waals surface area contributed by atoms with Crippen molar-refractivity contribution in [3.63, 3.8) is 0 Å². The standard InChI is InChI=1S/C20H19FN2O/c21-18-7-4-8-19(13-18)22-10-9-17(15-22)20-23(11-12-24-20)14-16-5-2-1-3-6-16/h1-10,13,15,20H,11-12,14H2/t20-/m0/s1. The highest BCUT2D eigenvalue weighted by atomic mass is 19.1. The fraction of sp³-hybridized carbons (Fsp3) is 0.200. The Balaban J connectivity index is 1.55. The Morgan fingerprint density at radius 1 is 1.04 bits per heavy atom. The molecule has 1 aromatic heterocycles. The van der Waals surface area contributed by atoms with Gasteiger partial charge in [0.25, 0.3) is 0 Å². The topological polar surface area (TPSA) is 17.4 Å². The second kappa shape index (κ2) is 6.59. The van der Waals surface area contributed by atoms with Gasteiger partial charge in [0.15, 0.2) is 0 Å². The molecule has 122 valence electrons. The van der Waals surface area contributed by atoms with E-state index in [-0.39, 0.29) is 12.0 Å². The predicted octanol–water partition coefficient (Wildman–Crippen LogP) is 4.15. The lowest BCUT2D eigenvalue weighted by molar-refractivity contribution is 0.0288. The summed E-state index contributed by atoms with van der Waals surface area (Å²) in [5.41, 5.74) is 3.18. The lowest BCUT2D eigenvalue weighted by Crippen LogP contribution is -2.23. The molecule has 4 rings (SSSR count). The smallest absolute Gasteiger partial charge is 0.138 e. The molecule has 0 spiro atoms. The lowest BCUT2D eigenvalue weighted by atomic mass is 10.2. The van der Waals surface area contributed by atoms with Crippen molar-refractivity contribution in [1.29, 1.82) is 0 Å². The molecule has 2 aromatic carbocycles. The molecule has 0 amide bonds. The van der Waals surface area contributed by atoms with E-state index < -0.39 is 0 Å². The first-order valence-electron chi connectivity index (χ1n) is 8.13. The summed E-state index contributed by atoms with van der Waals surface area (Å²) in [6.07, 6.45) is 3.91. The summed E-state index contributed by atoms with van der Waals surface area (Å²) >= 11 is 0. The summed E-state index contributed by atoms with van der Waals surface area (Å²) in [7, 11) is 0. The Kier molecular flexibility index (Phi) is 4.15. The molecule has 1 aliphatic rings. The summed E-state index contributed by atoms with van der Waals surface area (Å²) in [5.74, 6) is -0.231. The quantitative estimate of drug-likeness (QED) is 0.718. The lowest BCUT2D eigenvalue weighted by Gasteiger charge is -2.22. The number of hydrogen-bond donors (Lipinski definition) is 0. The maximum absolute atomic E-state index is 13.4. The molecule has 1 atom stereocenters. The molecule has 2 heterocycles. The summed E-state index contributed by atoms with van der Waals surface area (Å²) < 4.78 is 21.3. The summed E-state index contributed by atoms with van der Waals surface area (Å²) in [6.45, 7) is 2.49. The predicted molar refractivity (Wildman–Crippen MR) is 91.3 cm³/mol. The summed E-state index contributed by atoms with van der Waals surface area (Å²) in [4.78, 5) is 2.32. The fourth-order valence-electron chi connectivity index (χ4n) is 3.15. The Morgan fingerprint density at radius 3 is 2.75 bits per heavy atom. The van der Waals surface area contributed by atoms with E-state index in [1.165, 1.54) is 17.7 Å². The summed E-state index contributed by atoms with van der Waals surface area (Å²) in [6, 6.07) is 19.0. The maximum Gasteiger partial charge on any atom is 0.138 e. The van der Waals surface area contributed by atoms with Crippen molar-refractivity contribution >= 4 is 0 Å². The maximum atomic E-state index is 13.4. The van der Waals surface area contributed by atoms with Crippen LogP contribution in [0, 0.1) is 5.82 Å². The van der Waals surface area contributed by atoms with Crippen LogP contribution in [0.5, 0.6) is 0 Å². The van der Waals surface area contributed by atoms with E-state index in [0.29, 0.717) is 0 Å². The SMILES string of the molecule is Fc1cccc(-n2ccc([C@@H]3OCCN3Cc3ccccc3)c2)c1. The van der Waals surface area contributed by atoms with Crippen LogP contribution in [0.4, 0.5) is 4.39 Å². The minimum Gasteiger partial charge on any atom is -0.357 e. The van der Waals surface area contributed by atoms with E-state index in [4.69, 9.17) is 4.74 Å². The normalized spacial score (nSPS) is 18.1. The molecule has 0 radical (unpaired) electrons. The average molecular weight is 322 g/mol. The van der Waals surface area contributed by atoms with Crippen molar-refractivity contribution in [3.8, 4) is 5.69 Å². The van der Waals surface area contributed by atoms with E-state index in [9.17, 15) is 4.39 Å². The van der Waals surface area contributed by atoms with Gasteiger partial charge in [0.05, 0.1) is 6.61 Å². The first-order valence-corrected chi connectivity index (χ1v) is 8.13. The number of ether oxygens (including phenoxy) is 1. The van der Waals surface area contributed by atoms with Crippen molar-refractivity contribution in [3.05, 3.63) is 90.0 Å². The van der Waals surface area contributed by atoms with Crippen LogP contribution >= 0.6 is 0 Å². The first-order chi connectivity index (χ1) is 11.8. The molecule has 0 unspecified atom stereocenters. The molecule has 0 saturated carbocycles. The molecule has 24 heavy (non-hydrogen) atoms. The van der Waals surface area contributed by atoms with Crippen LogP contribution in [0.15, 0.2) is 73.1 Å². The van der Waals surface area contributed by atoms with Gasteiger partial charge in [0.2, 0.25) is 0 Å². The van der Waals surface area contributed by atoms with E-state index in [0.717, 1.165) is 30.9 Å². The third-order valence-corrected chi connectivity index (χ3v) is 4.32. The minimum atomic E-state index is -0.231. The molecular weight excluding hydrogens is 303 g/mol. The van der Waals surface area contributed by atoms with Gasteiger partial charge in [-0.3, -0.25) is 4.90 Å². The van der Waals surface area contributed by atoms with Gasteiger partial charge in [-0.1, -0.05) is 36.4 Å². The van der Waals surface area contributed by atoms with Crippen LogP contribution < -0.4 is 0 Å². The molecular formula is C20H19FN2O. The minimum absolute atomic E-state index is 0.0555. The highest BCUT2D eigenvalue weighted by Crippen LogP contribution is 2.29. The molecule has 0 N–H and O–H groups in total. The Morgan fingerprint density at radius 2 is 1.92 bits per heavy atom.